The van der Waals surface area contributed by atoms with Crippen LogP contribution < -0.4 is 4.74 Å². The first-order valence-corrected chi connectivity index (χ1v) is 6.58. The summed E-state index contributed by atoms with van der Waals surface area (Å²) < 4.78 is 7.07. The summed E-state index contributed by atoms with van der Waals surface area (Å²) in [5.74, 6) is -0.246. The fraction of sp³-hybridized carbons (Fsp3) is 0.333. The molecule has 0 fully saturated rings. The third-order valence-electron chi connectivity index (χ3n) is 3.82. The van der Waals surface area contributed by atoms with Crippen LogP contribution in [0, 0.1) is 0 Å². The van der Waals surface area contributed by atoms with E-state index in [4.69, 9.17) is 9.84 Å². The van der Waals surface area contributed by atoms with Gasteiger partial charge in [0.1, 0.15) is 5.75 Å². The van der Waals surface area contributed by atoms with Crippen molar-refractivity contribution in [1.29, 1.82) is 0 Å². The summed E-state index contributed by atoms with van der Waals surface area (Å²) in [5, 5.41) is 13.1. The van der Waals surface area contributed by atoms with Crippen LogP contribution in [0.4, 0.5) is 0 Å². The summed E-state index contributed by atoms with van der Waals surface area (Å²) in [6.07, 6.45) is 3.19. The van der Waals surface area contributed by atoms with Crippen LogP contribution in [0.3, 0.4) is 0 Å². The Morgan fingerprint density at radius 1 is 1.40 bits per heavy atom. The zero-order chi connectivity index (χ0) is 14.3. The van der Waals surface area contributed by atoms with Crippen LogP contribution in [0.5, 0.6) is 5.75 Å². The average molecular weight is 272 g/mol. The Bertz CT molecular complexity index is 689. The first-order valence-electron chi connectivity index (χ1n) is 6.58. The number of carboxylic acids is 1. The Labute approximate surface area is 116 Å². The molecule has 1 heterocycles. The summed E-state index contributed by atoms with van der Waals surface area (Å²) in [4.78, 5) is 11.1. The highest BCUT2D eigenvalue weighted by atomic mass is 16.5. The molecular weight excluding hydrogens is 256 g/mol. The molecule has 2 aromatic rings. The number of aryl methyl sites for hydroxylation is 2. The molecule has 0 radical (unpaired) electrons. The Hall–Kier alpha value is -2.30. The van der Waals surface area contributed by atoms with E-state index in [0.717, 1.165) is 36.3 Å². The molecule has 0 unspecified atom stereocenters. The number of hydrogen-bond acceptors (Lipinski definition) is 3. The number of carbonyl (C=O) groups is 1. The van der Waals surface area contributed by atoms with E-state index in [9.17, 15) is 4.79 Å². The van der Waals surface area contributed by atoms with Crippen molar-refractivity contribution >= 4 is 5.97 Å². The van der Waals surface area contributed by atoms with E-state index in [2.05, 4.69) is 11.2 Å². The molecule has 1 aromatic heterocycles. The van der Waals surface area contributed by atoms with E-state index in [1.807, 2.05) is 6.07 Å². The lowest BCUT2D eigenvalue weighted by atomic mass is 9.99. The Kier molecular flexibility index (Phi) is 2.97. The number of ether oxygens (including phenoxy) is 1. The highest BCUT2D eigenvalue weighted by Crippen LogP contribution is 2.39. The first kappa shape index (κ1) is 12.7. The third kappa shape index (κ3) is 1.86. The largest absolute Gasteiger partial charge is 0.496 e. The summed E-state index contributed by atoms with van der Waals surface area (Å²) in [5.41, 5.74) is 4.39. The number of aromatic nitrogens is 2. The zero-order valence-electron chi connectivity index (χ0n) is 11.5. The van der Waals surface area contributed by atoms with Crippen LogP contribution in [-0.4, -0.2) is 28.0 Å². The molecule has 0 amide bonds. The molecule has 20 heavy (non-hydrogen) atoms. The fourth-order valence-corrected chi connectivity index (χ4v) is 2.90. The summed E-state index contributed by atoms with van der Waals surface area (Å²) in [6, 6.07) is 5.66. The summed E-state index contributed by atoms with van der Waals surface area (Å²) in [7, 11) is 3.39. The summed E-state index contributed by atoms with van der Waals surface area (Å²) in [6.45, 7) is 0. The van der Waals surface area contributed by atoms with Gasteiger partial charge in [-0.25, -0.2) is 4.79 Å². The van der Waals surface area contributed by atoms with E-state index in [1.54, 1.807) is 24.9 Å². The number of hydrogen-bond donors (Lipinski definition) is 1. The number of nitrogens with zero attached hydrogens (tertiary/aromatic N) is 2. The van der Waals surface area contributed by atoms with Gasteiger partial charge >= 0.3 is 5.97 Å². The molecule has 1 aromatic carbocycles. The van der Waals surface area contributed by atoms with E-state index in [-0.39, 0.29) is 5.69 Å². The minimum absolute atomic E-state index is 0.0557. The van der Waals surface area contributed by atoms with Crippen molar-refractivity contribution in [2.75, 3.05) is 7.11 Å². The molecule has 0 saturated heterocycles. The Morgan fingerprint density at radius 3 is 2.85 bits per heavy atom. The monoisotopic (exact) mass is 272 g/mol. The van der Waals surface area contributed by atoms with Crippen molar-refractivity contribution in [2.45, 2.75) is 19.3 Å². The molecule has 5 nitrogen and oxygen atoms in total. The van der Waals surface area contributed by atoms with Gasteiger partial charge in [0.25, 0.3) is 0 Å². The van der Waals surface area contributed by atoms with Crippen LogP contribution in [-0.2, 0) is 19.9 Å². The lowest BCUT2D eigenvalue weighted by Gasteiger charge is -2.13. The molecule has 0 aliphatic heterocycles. The van der Waals surface area contributed by atoms with Crippen molar-refractivity contribution < 1.29 is 14.6 Å². The van der Waals surface area contributed by atoms with Crippen LogP contribution in [0.25, 0.3) is 11.3 Å². The minimum Gasteiger partial charge on any atom is -0.496 e. The maximum Gasteiger partial charge on any atom is 0.356 e. The predicted molar refractivity (Wildman–Crippen MR) is 74.2 cm³/mol. The molecule has 1 aliphatic rings. The maximum atomic E-state index is 11.1. The van der Waals surface area contributed by atoms with E-state index < -0.39 is 5.97 Å². The number of carboxylic acid groups (broad SMARTS) is 1. The van der Waals surface area contributed by atoms with Crippen LogP contribution in [0.2, 0.25) is 0 Å². The molecule has 5 heteroatoms. The normalized spacial score (nSPS) is 13.3. The fourth-order valence-electron chi connectivity index (χ4n) is 2.90. The Balaban J connectivity index is 2.23. The molecule has 1 N–H and O–H groups in total. The van der Waals surface area contributed by atoms with Gasteiger partial charge in [0.15, 0.2) is 5.69 Å². The number of fused-ring (bicyclic) bond motifs is 1. The molecule has 1 aliphatic carbocycles. The molecule has 3 rings (SSSR count). The highest BCUT2D eigenvalue weighted by Gasteiger charge is 2.23. The lowest BCUT2D eigenvalue weighted by molar-refractivity contribution is 0.0689. The van der Waals surface area contributed by atoms with Crippen LogP contribution >= 0.6 is 0 Å². The molecule has 0 saturated carbocycles. The average Bonchev–Trinajstić information content (AvgIpc) is 3.03. The van der Waals surface area contributed by atoms with E-state index in [0.29, 0.717) is 0 Å². The quantitative estimate of drug-likeness (QED) is 0.931. The van der Waals surface area contributed by atoms with Gasteiger partial charge in [0.2, 0.25) is 0 Å². The molecule has 104 valence electrons. The van der Waals surface area contributed by atoms with Crippen molar-refractivity contribution in [3.63, 3.8) is 0 Å². The maximum absolute atomic E-state index is 11.1. The van der Waals surface area contributed by atoms with E-state index in [1.165, 1.54) is 11.1 Å². The molecule has 0 atom stereocenters. The molecule has 0 spiro atoms. The second-order valence-electron chi connectivity index (χ2n) is 4.98. The molecule has 0 bridgehead atoms. The predicted octanol–water partition coefficient (Wildman–Crippen LogP) is 2.28. The van der Waals surface area contributed by atoms with Gasteiger partial charge in [-0.2, -0.15) is 5.10 Å². The SMILES string of the molecule is COc1ccc2c(c1-c1cc(C(=O)O)nn1C)CCC2. The standard InChI is InChI=1S/C15H16N2O3/c1-17-12(8-11(16-17)15(18)19)14-10-5-3-4-9(10)6-7-13(14)20-2/h6-8H,3-5H2,1-2H3,(H,18,19). The Morgan fingerprint density at radius 2 is 2.20 bits per heavy atom. The minimum atomic E-state index is -1.02. The van der Waals surface area contributed by atoms with Gasteiger partial charge in [-0.3, -0.25) is 4.68 Å². The van der Waals surface area contributed by atoms with Crippen molar-refractivity contribution in [3.8, 4) is 17.0 Å². The first-order chi connectivity index (χ1) is 9.61. The second-order valence-corrected chi connectivity index (χ2v) is 4.98. The smallest absolute Gasteiger partial charge is 0.356 e. The number of methoxy groups -OCH3 is 1. The van der Waals surface area contributed by atoms with Crippen LogP contribution in [0.15, 0.2) is 18.2 Å². The van der Waals surface area contributed by atoms with Gasteiger partial charge in [-0.15, -0.1) is 0 Å². The van der Waals surface area contributed by atoms with Crippen LogP contribution in [0.1, 0.15) is 28.0 Å². The zero-order valence-corrected chi connectivity index (χ0v) is 11.5. The van der Waals surface area contributed by atoms with Gasteiger partial charge in [-0.05, 0) is 42.5 Å². The van der Waals surface area contributed by atoms with Gasteiger partial charge in [0, 0.05) is 12.6 Å². The number of rotatable bonds is 3. The number of aromatic carboxylic acids is 1. The van der Waals surface area contributed by atoms with Crippen molar-refractivity contribution in [1.82, 2.24) is 9.78 Å². The third-order valence-corrected chi connectivity index (χ3v) is 3.82. The van der Waals surface area contributed by atoms with Gasteiger partial charge < -0.3 is 9.84 Å². The van der Waals surface area contributed by atoms with Crippen molar-refractivity contribution in [2.24, 2.45) is 7.05 Å². The number of benzene rings is 1. The summed E-state index contributed by atoms with van der Waals surface area (Å²) >= 11 is 0. The van der Waals surface area contributed by atoms with Gasteiger partial charge in [-0.1, -0.05) is 6.07 Å². The van der Waals surface area contributed by atoms with Gasteiger partial charge in [0.05, 0.1) is 12.8 Å². The highest BCUT2D eigenvalue weighted by molar-refractivity contribution is 5.88. The topological polar surface area (TPSA) is 64.3 Å². The van der Waals surface area contributed by atoms with Crippen molar-refractivity contribution in [3.05, 3.63) is 35.0 Å². The molecular formula is C15H16N2O3. The van der Waals surface area contributed by atoms with E-state index >= 15 is 0 Å². The second kappa shape index (κ2) is 4.67. The lowest BCUT2D eigenvalue weighted by Crippen LogP contribution is -2.01.